The van der Waals surface area contributed by atoms with Crippen molar-refractivity contribution in [3.8, 4) is 0 Å². The second-order valence-electron chi connectivity index (χ2n) is 3.75. The first kappa shape index (κ1) is 8.05. The molecule has 0 aromatic heterocycles. The SMILES string of the molecule is CN1CCCC1C1CCOC1=O. The van der Waals surface area contributed by atoms with Crippen molar-refractivity contribution < 1.29 is 9.53 Å². The lowest BCUT2D eigenvalue weighted by atomic mass is 9.96. The molecule has 0 spiro atoms. The van der Waals surface area contributed by atoms with Crippen molar-refractivity contribution in [2.24, 2.45) is 5.92 Å². The lowest BCUT2D eigenvalue weighted by molar-refractivity contribution is -0.142. The second kappa shape index (κ2) is 3.05. The highest BCUT2D eigenvalue weighted by atomic mass is 16.5. The molecule has 2 rings (SSSR count). The van der Waals surface area contributed by atoms with Crippen molar-refractivity contribution in [2.45, 2.75) is 25.3 Å². The van der Waals surface area contributed by atoms with Crippen LogP contribution in [0.4, 0.5) is 0 Å². The van der Waals surface area contributed by atoms with Crippen molar-refractivity contribution in [2.75, 3.05) is 20.2 Å². The van der Waals surface area contributed by atoms with E-state index in [1.165, 1.54) is 6.42 Å². The number of esters is 1. The monoisotopic (exact) mass is 169 g/mol. The molecule has 0 aromatic carbocycles. The molecule has 3 heteroatoms. The van der Waals surface area contributed by atoms with E-state index in [0.29, 0.717) is 12.6 Å². The molecular formula is C9H15NO2. The number of nitrogens with zero attached hydrogens (tertiary/aromatic N) is 1. The summed E-state index contributed by atoms with van der Waals surface area (Å²) in [5.41, 5.74) is 0. The molecular weight excluding hydrogens is 154 g/mol. The van der Waals surface area contributed by atoms with E-state index in [9.17, 15) is 4.79 Å². The van der Waals surface area contributed by atoms with Gasteiger partial charge in [0.25, 0.3) is 0 Å². The van der Waals surface area contributed by atoms with Crippen LogP contribution in [0.5, 0.6) is 0 Å². The van der Waals surface area contributed by atoms with E-state index in [1.807, 2.05) is 0 Å². The van der Waals surface area contributed by atoms with Gasteiger partial charge >= 0.3 is 5.97 Å². The van der Waals surface area contributed by atoms with Crippen LogP contribution in [0.25, 0.3) is 0 Å². The number of hydrogen-bond acceptors (Lipinski definition) is 3. The molecule has 2 heterocycles. The van der Waals surface area contributed by atoms with Crippen LogP contribution in [0.3, 0.4) is 0 Å². The van der Waals surface area contributed by atoms with E-state index in [1.54, 1.807) is 0 Å². The van der Waals surface area contributed by atoms with Crippen LogP contribution in [-0.2, 0) is 9.53 Å². The Kier molecular flexibility index (Phi) is 2.05. The summed E-state index contributed by atoms with van der Waals surface area (Å²) in [4.78, 5) is 13.5. The predicted octanol–water partition coefficient (Wildman–Crippen LogP) is 0.644. The van der Waals surface area contributed by atoms with E-state index < -0.39 is 0 Å². The van der Waals surface area contributed by atoms with Gasteiger partial charge < -0.3 is 9.64 Å². The largest absolute Gasteiger partial charge is 0.465 e. The van der Waals surface area contributed by atoms with Crippen molar-refractivity contribution in [3.05, 3.63) is 0 Å². The molecule has 2 aliphatic rings. The van der Waals surface area contributed by atoms with Crippen LogP contribution < -0.4 is 0 Å². The minimum Gasteiger partial charge on any atom is -0.465 e. The highest BCUT2D eigenvalue weighted by Gasteiger charge is 2.38. The molecule has 0 bridgehead atoms. The molecule has 2 saturated heterocycles. The van der Waals surface area contributed by atoms with Gasteiger partial charge in [0, 0.05) is 6.04 Å². The Morgan fingerprint density at radius 1 is 1.50 bits per heavy atom. The molecule has 0 radical (unpaired) electrons. The Morgan fingerprint density at radius 3 is 2.83 bits per heavy atom. The summed E-state index contributed by atoms with van der Waals surface area (Å²) in [5, 5.41) is 0. The first-order valence-corrected chi connectivity index (χ1v) is 4.66. The zero-order valence-corrected chi connectivity index (χ0v) is 7.45. The van der Waals surface area contributed by atoms with Crippen LogP contribution in [0.2, 0.25) is 0 Å². The van der Waals surface area contributed by atoms with Gasteiger partial charge in [-0.25, -0.2) is 0 Å². The first-order chi connectivity index (χ1) is 5.79. The van der Waals surface area contributed by atoms with Crippen LogP contribution >= 0.6 is 0 Å². The number of ether oxygens (including phenoxy) is 1. The average Bonchev–Trinajstić information content (AvgIpc) is 2.59. The molecule has 2 unspecified atom stereocenters. The van der Waals surface area contributed by atoms with Crippen molar-refractivity contribution in [3.63, 3.8) is 0 Å². The molecule has 0 N–H and O–H groups in total. The fourth-order valence-electron chi connectivity index (χ4n) is 2.31. The third-order valence-corrected chi connectivity index (χ3v) is 3.02. The van der Waals surface area contributed by atoms with Crippen LogP contribution in [0, 0.1) is 5.92 Å². The van der Waals surface area contributed by atoms with Gasteiger partial charge in [0.15, 0.2) is 0 Å². The predicted molar refractivity (Wildman–Crippen MR) is 44.7 cm³/mol. The minimum atomic E-state index is 0.0220. The normalized spacial score (nSPS) is 37.2. The smallest absolute Gasteiger partial charge is 0.310 e. The Bertz CT molecular complexity index is 193. The molecule has 68 valence electrons. The highest BCUT2D eigenvalue weighted by molar-refractivity contribution is 5.75. The Labute approximate surface area is 72.7 Å². The lowest BCUT2D eigenvalue weighted by Crippen LogP contribution is -2.34. The quantitative estimate of drug-likeness (QED) is 0.540. The molecule has 2 aliphatic heterocycles. The minimum absolute atomic E-state index is 0.0220. The Hall–Kier alpha value is -0.570. The topological polar surface area (TPSA) is 29.5 Å². The fraction of sp³-hybridized carbons (Fsp3) is 0.889. The molecule has 0 saturated carbocycles. The number of rotatable bonds is 1. The van der Waals surface area contributed by atoms with Crippen LogP contribution in [-0.4, -0.2) is 37.1 Å². The van der Waals surface area contributed by atoms with E-state index in [4.69, 9.17) is 4.74 Å². The van der Waals surface area contributed by atoms with Crippen molar-refractivity contribution >= 4 is 5.97 Å². The number of likely N-dealkylation sites (tertiary alicyclic amines) is 1. The second-order valence-corrected chi connectivity index (χ2v) is 3.75. The van der Waals surface area contributed by atoms with Gasteiger partial charge in [-0.15, -0.1) is 0 Å². The fourth-order valence-corrected chi connectivity index (χ4v) is 2.31. The van der Waals surface area contributed by atoms with E-state index in [-0.39, 0.29) is 11.9 Å². The van der Waals surface area contributed by atoms with Gasteiger partial charge in [-0.2, -0.15) is 0 Å². The van der Waals surface area contributed by atoms with Gasteiger partial charge in [-0.3, -0.25) is 4.79 Å². The number of hydrogen-bond donors (Lipinski definition) is 0. The van der Waals surface area contributed by atoms with Gasteiger partial charge in [0.05, 0.1) is 12.5 Å². The third-order valence-electron chi connectivity index (χ3n) is 3.02. The summed E-state index contributed by atoms with van der Waals surface area (Å²) in [6, 6.07) is 0.458. The first-order valence-electron chi connectivity index (χ1n) is 4.66. The lowest BCUT2D eigenvalue weighted by Gasteiger charge is -2.22. The molecule has 2 fully saturated rings. The standard InChI is InChI=1S/C9H15NO2/c1-10-5-2-3-8(10)7-4-6-12-9(7)11/h7-8H,2-6H2,1H3. The molecule has 3 nitrogen and oxygen atoms in total. The molecule has 12 heavy (non-hydrogen) atoms. The molecule has 2 atom stereocenters. The van der Waals surface area contributed by atoms with Crippen molar-refractivity contribution in [1.29, 1.82) is 0 Å². The highest BCUT2D eigenvalue weighted by Crippen LogP contribution is 2.28. The van der Waals surface area contributed by atoms with Crippen molar-refractivity contribution in [1.82, 2.24) is 4.90 Å². The average molecular weight is 169 g/mol. The third kappa shape index (κ3) is 1.22. The maximum Gasteiger partial charge on any atom is 0.310 e. The summed E-state index contributed by atoms with van der Waals surface area (Å²) in [6.45, 7) is 1.77. The number of carbonyl (C=O) groups is 1. The number of cyclic esters (lactones) is 1. The Morgan fingerprint density at radius 2 is 2.33 bits per heavy atom. The van der Waals surface area contributed by atoms with Gasteiger partial charge in [-0.1, -0.05) is 0 Å². The summed E-state index contributed by atoms with van der Waals surface area (Å²) >= 11 is 0. The summed E-state index contributed by atoms with van der Waals surface area (Å²) in [6.07, 6.45) is 3.31. The Balaban J connectivity index is 2.03. The van der Waals surface area contributed by atoms with E-state index in [2.05, 4.69) is 11.9 Å². The van der Waals surface area contributed by atoms with E-state index in [0.717, 1.165) is 19.4 Å². The van der Waals surface area contributed by atoms with Gasteiger partial charge in [-0.05, 0) is 32.9 Å². The zero-order valence-electron chi connectivity index (χ0n) is 7.45. The van der Waals surface area contributed by atoms with Gasteiger partial charge in [0.2, 0.25) is 0 Å². The summed E-state index contributed by atoms with van der Waals surface area (Å²) < 4.78 is 4.96. The van der Waals surface area contributed by atoms with Crippen LogP contribution in [0.15, 0.2) is 0 Å². The molecule has 0 amide bonds. The summed E-state index contributed by atoms with van der Waals surface area (Å²) in [7, 11) is 2.10. The molecule has 0 aromatic rings. The maximum absolute atomic E-state index is 11.3. The number of carbonyl (C=O) groups excluding carboxylic acids is 1. The summed E-state index contributed by atoms with van der Waals surface area (Å²) in [5.74, 6) is 0.186. The molecule has 0 aliphatic carbocycles. The van der Waals surface area contributed by atoms with Gasteiger partial charge in [0.1, 0.15) is 0 Å². The maximum atomic E-state index is 11.3. The zero-order chi connectivity index (χ0) is 8.55. The van der Waals surface area contributed by atoms with E-state index >= 15 is 0 Å². The van der Waals surface area contributed by atoms with Crippen LogP contribution in [0.1, 0.15) is 19.3 Å².